The maximum absolute atomic E-state index is 12.3. The van der Waals surface area contributed by atoms with Crippen molar-refractivity contribution in [3.05, 3.63) is 54.1 Å². The van der Waals surface area contributed by atoms with Crippen molar-refractivity contribution in [2.24, 2.45) is 17.6 Å². The topological polar surface area (TPSA) is 119 Å². The van der Waals surface area contributed by atoms with E-state index in [2.05, 4.69) is 5.32 Å². The van der Waals surface area contributed by atoms with E-state index in [1.54, 1.807) is 48.5 Å². The van der Waals surface area contributed by atoms with E-state index in [0.717, 1.165) is 0 Å². The van der Waals surface area contributed by atoms with Crippen LogP contribution < -0.4 is 15.8 Å². The molecular weight excluding hydrogens is 348 g/mol. The molecule has 0 radical (unpaired) electrons. The molecule has 0 aliphatic heterocycles. The van der Waals surface area contributed by atoms with Crippen molar-refractivity contribution < 1.29 is 24.2 Å². The summed E-state index contributed by atoms with van der Waals surface area (Å²) in [6.07, 6.45) is 1.49. The molecule has 2 atom stereocenters. The maximum atomic E-state index is 12.3. The molecule has 0 heterocycles. The van der Waals surface area contributed by atoms with Crippen LogP contribution in [0.15, 0.2) is 48.5 Å². The van der Waals surface area contributed by atoms with E-state index in [1.165, 1.54) is 0 Å². The number of nitrogens with one attached hydrogen (secondary N) is 1. The zero-order chi connectivity index (χ0) is 19.4. The molecule has 0 saturated heterocycles. The number of hydrogen-bond donors (Lipinski definition) is 3. The summed E-state index contributed by atoms with van der Waals surface area (Å²) in [5.41, 5.74) is 6.21. The van der Waals surface area contributed by atoms with E-state index in [9.17, 15) is 14.4 Å². The Kier molecular flexibility index (Phi) is 5.40. The molecular formula is C20H20N2O5. The number of primary amides is 1. The largest absolute Gasteiger partial charge is 0.481 e. The van der Waals surface area contributed by atoms with Crippen LogP contribution in [-0.4, -0.2) is 22.9 Å². The minimum Gasteiger partial charge on any atom is -0.481 e. The van der Waals surface area contributed by atoms with Gasteiger partial charge in [-0.15, -0.1) is 0 Å². The highest BCUT2D eigenvalue weighted by molar-refractivity contribution is 5.93. The fourth-order valence-corrected chi connectivity index (χ4v) is 3.14. The molecule has 27 heavy (non-hydrogen) atoms. The third-order valence-electron chi connectivity index (χ3n) is 4.63. The molecule has 0 bridgehead atoms. The van der Waals surface area contributed by atoms with Crippen LogP contribution in [0.25, 0.3) is 0 Å². The van der Waals surface area contributed by atoms with Gasteiger partial charge in [-0.05, 0) is 61.7 Å². The van der Waals surface area contributed by atoms with E-state index in [0.29, 0.717) is 42.0 Å². The molecule has 2 amide bonds. The summed E-state index contributed by atoms with van der Waals surface area (Å²) in [5, 5.41) is 11.8. The fraction of sp³-hybridized carbons (Fsp3) is 0.250. The molecule has 3 rings (SSSR count). The Hall–Kier alpha value is -3.35. The number of nitrogens with two attached hydrogens (primary N) is 1. The number of benzene rings is 2. The monoisotopic (exact) mass is 368 g/mol. The highest BCUT2D eigenvalue weighted by Crippen LogP contribution is 2.32. The highest BCUT2D eigenvalue weighted by atomic mass is 16.5. The van der Waals surface area contributed by atoms with Gasteiger partial charge in [-0.1, -0.05) is 6.07 Å². The first-order chi connectivity index (χ1) is 12.9. The second-order valence-corrected chi connectivity index (χ2v) is 6.55. The molecule has 7 nitrogen and oxygen atoms in total. The van der Waals surface area contributed by atoms with Gasteiger partial charge in [0.15, 0.2) is 0 Å². The summed E-state index contributed by atoms with van der Waals surface area (Å²) >= 11 is 0. The normalized spacial score (nSPS) is 18.7. The minimum absolute atomic E-state index is 0.165. The van der Waals surface area contributed by atoms with Crippen molar-refractivity contribution in [1.82, 2.24) is 0 Å². The first-order valence-corrected chi connectivity index (χ1v) is 8.64. The Labute approximate surface area is 156 Å². The number of hydrogen-bond acceptors (Lipinski definition) is 4. The van der Waals surface area contributed by atoms with Gasteiger partial charge in [-0.3, -0.25) is 14.4 Å². The lowest BCUT2D eigenvalue weighted by atomic mass is 10.0. The highest BCUT2D eigenvalue weighted by Gasteiger charge is 2.33. The van der Waals surface area contributed by atoms with Gasteiger partial charge in [0.2, 0.25) is 11.8 Å². The smallest absolute Gasteiger partial charge is 0.306 e. The van der Waals surface area contributed by atoms with Crippen LogP contribution in [0.4, 0.5) is 5.69 Å². The van der Waals surface area contributed by atoms with Crippen molar-refractivity contribution in [3.63, 3.8) is 0 Å². The van der Waals surface area contributed by atoms with Crippen molar-refractivity contribution in [3.8, 4) is 11.5 Å². The fourth-order valence-electron chi connectivity index (χ4n) is 3.14. The summed E-state index contributed by atoms with van der Waals surface area (Å²) in [7, 11) is 0. The number of ether oxygens (including phenoxy) is 1. The number of carboxylic acid groups (broad SMARTS) is 1. The lowest BCUT2D eigenvalue weighted by Crippen LogP contribution is -2.21. The minimum atomic E-state index is -0.841. The number of rotatable bonds is 6. The Morgan fingerprint density at radius 1 is 1.00 bits per heavy atom. The molecule has 4 N–H and O–H groups in total. The van der Waals surface area contributed by atoms with Gasteiger partial charge < -0.3 is 20.9 Å². The molecule has 1 saturated carbocycles. The summed E-state index contributed by atoms with van der Waals surface area (Å²) in [6.45, 7) is 0. The van der Waals surface area contributed by atoms with Crippen molar-refractivity contribution in [2.75, 3.05) is 5.32 Å². The Morgan fingerprint density at radius 3 is 2.33 bits per heavy atom. The SMILES string of the molecule is NC(=O)c1cccc(Oc2ccc(NC(=O)[C@@H]3CC[C@H](C(=O)O)C3)cc2)c1. The van der Waals surface area contributed by atoms with E-state index in [-0.39, 0.29) is 11.8 Å². The predicted molar refractivity (Wildman–Crippen MR) is 98.6 cm³/mol. The summed E-state index contributed by atoms with van der Waals surface area (Å²) in [6, 6.07) is 13.3. The molecule has 2 aromatic rings. The van der Waals surface area contributed by atoms with E-state index in [1.807, 2.05) is 0 Å². The molecule has 1 aliphatic carbocycles. The number of amides is 2. The molecule has 7 heteroatoms. The van der Waals surface area contributed by atoms with Crippen LogP contribution in [0.3, 0.4) is 0 Å². The van der Waals surface area contributed by atoms with Gasteiger partial charge in [0.25, 0.3) is 0 Å². The summed E-state index contributed by atoms with van der Waals surface area (Å²) in [5.74, 6) is -1.23. The number of aliphatic carboxylic acids is 1. The standard InChI is InChI=1S/C20H20N2O5/c21-18(23)12-2-1-3-17(11-12)27-16-8-6-15(7-9-16)22-19(24)13-4-5-14(10-13)20(25)26/h1-3,6-9,11,13-14H,4-5,10H2,(H2,21,23)(H,22,24)(H,25,26)/t13-,14+/m1/s1. The van der Waals surface area contributed by atoms with Crippen LogP contribution in [0.2, 0.25) is 0 Å². The van der Waals surface area contributed by atoms with Crippen molar-refractivity contribution >= 4 is 23.5 Å². The number of carbonyl (C=O) groups excluding carboxylic acids is 2. The second kappa shape index (κ2) is 7.90. The molecule has 1 fully saturated rings. The molecule has 0 aromatic heterocycles. The lowest BCUT2D eigenvalue weighted by molar-refractivity contribution is -0.141. The third kappa shape index (κ3) is 4.63. The van der Waals surface area contributed by atoms with E-state index in [4.69, 9.17) is 15.6 Å². The van der Waals surface area contributed by atoms with Crippen LogP contribution >= 0.6 is 0 Å². The van der Waals surface area contributed by atoms with E-state index >= 15 is 0 Å². The average molecular weight is 368 g/mol. The average Bonchev–Trinajstić information content (AvgIpc) is 3.14. The summed E-state index contributed by atoms with van der Waals surface area (Å²) < 4.78 is 5.68. The Balaban J connectivity index is 1.59. The zero-order valence-corrected chi connectivity index (χ0v) is 14.6. The summed E-state index contributed by atoms with van der Waals surface area (Å²) in [4.78, 5) is 34.5. The van der Waals surface area contributed by atoms with Gasteiger partial charge in [0, 0.05) is 17.2 Å². The van der Waals surface area contributed by atoms with E-state index < -0.39 is 17.8 Å². The molecule has 2 aromatic carbocycles. The first-order valence-electron chi connectivity index (χ1n) is 8.64. The molecule has 0 unspecified atom stereocenters. The number of anilines is 1. The third-order valence-corrected chi connectivity index (χ3v) is 4.63. The Morgan fingerprint density at radius 2 is 1.70 bits per heavy atom. The number of carboxylic acids is 1. The van der Waals surface area contributed by atoms with Gasteiger partial charge >= 0.3 is 5.97 Å². The van der Waals surface area contributed by atoms with Crippen LogP contribution in [-0.2, 0) is 9.59 Å². The second-order valence-electron chi connectivity index (χ2n) is 6.55. The molecule has 1 aliphatic rings. The number of carbonyl (C=O) groups is 3. The van der Waals surface area contributed by atoms with Crippen molar-refractivity contribution in [1.29, 1.82) is 0 Å². The lowest BCUT2D eigenvalue weighted by Gasteiger charge is -2.12. The van der Waals surface area contributed by atoms with Crippen molar-refractivity contribution in [2.45, 2.75) is 19.3 Å². The van der Waals surface area contributed by atoms with Gasteiger partial charge in [0.05, 0.1) is 5.92 Å². The predicted octanol–water partition coefficient (Wildman–Crippen LogP) is 3.02. The Bertz CT molecular complexity index is 863. The van der Waals surface area contributed by atoms with Gasteiger partial charge in [0.1, 0.15) is 11.5 Å². The zero-order valence-electron chi connectivity index (χ0n) is 14.6. The van der Waals surface area contributed by atoms with Crippen LogP contribution in [0.1, 0.15) is 29.6 Å². The van der Waals surface area contributed by atoms with Gasteiger partial charge in [-0.25, -0.2) is 0 Å². The maximum Gasteiger partial charge on any atom is 0.306 e. The van der Waals surface area contributed by atoms with Crippen LogP contribution in [0, 0.1) is 11.8 Å². The quantitative estimate of drug-likeness (QED) is 0.724. The molecule has 140 valence electrons. The first kappa shape index (κ1) is 18.4. The van der Waals surface area contributed by atoms with Gasteiger partial charge in [-0.2, -0.15) is 0 Å². The molecule has 0 spiro atoms. The van der Waals surface area contributed by atoms with Crippen LogP contribution in [0.5, 0.6) is 11.5 Å².